The van der Waals surface area contributed by atoms with E-state index in [0.29, 0.717) is 0 Å². The van der Waals surface area contributed by atoms with E-state index in [2.05, 4.69) is 81.1 Å². The Morgan fingerprint density at radius 2 is 1.90 bits per heavy atom. The second-order valence-corrected chi connectivity index (χ2v) is 8.52. The molecule has 0 atom stereocenters. The zero-order valence-corrected chi connectivity index (χ0v) is 16.3. The van der Waals surface area contributed by atoms with Crippen molar-refractivity contribution in [2.45, 2.75) is 42.8 Å². The molecule has 0 fully saturated rings. The summed E-state index contributed by atoms with van der Waals surface area (Å²) in [5.74, 6) is 0. The number of rotatable bonds is 4. The molecule has 0 aliphatic rings. The largest absolute Gasteiger partial charge is 0.308 e. The molecule has 2 nitrogen and oxygen atoms in total. The lowest BCUT2D eigenvalue weighted by Crippen LogP contribution is -2.35. The van der Waals surface area contributed by atoms with E-state index < -0.39 is 0 Å². The number of hydrogen-bond acceptors (Lipinski definition) is 3. The Morgan fingerprint density at radius 3 is 2.52 bits per heavy atom. The zero-order chi connectivity index (χ0) is 15.5. The summed E-state index contributed by atoms with van der Waals surface area (Å²) in [7, 11) is 0. The van der Waals surface area contributed by atoms with Crippen molar-refractivity contribution in [1.82, 2.24) is 10.3 Å². The molecule has 0 bridgehead atoms. The number of nitrogens with one attached hydrogen (secondary N) is 1. The van der Waals surface area contributed by atoms with Gasteiger partial charge in [-0.3, -0.25) is 0 Å². The molecule has 112 valence electrons. The molecular formula is C16H18Br2N2S. The Balaban J connectivity index is 2.10. The van der Waals surface area contributed by atoms with Crippen LogP contribution in [0.2, 0.25) is 0 Å². The predicted octanol–water partition coefficient (Wildman–Crippen LogP) is 5.65. The van der Waals surface area contributed by atoms with Crippen molar-refractivity contribution in [1.29, 1.82) is 0 Å². The highest BCUT2D eigenvalue weighted by Crippen LogP contribution is 2.33. The van der Waals surface area contributed by atoms with E-state index in [1.54, 1.807) is 11.8 Å². The maximum absolute atomic E-state index is 4.38. The second-order valence-electron chi connectivity index (χ2n) is 5.75. The van der Waals surface area contributed by atoms with Gasteiger partial charge in [0.15, 0.2) is 0 Å². The standard InChI is InChI=1S/C16H18Br2N2S/c1-16(2,3)20-10-11-6-7-12(9-14(11)18)21-15-13(17)5-4-8-19-15/h4-9,20H,10H2,1-3H3. The van der Waals surface area contributed by atoms with Crippen molar-refractivity contribution in [2.75, 3.05) is 0 Å². The van der Waals surface area contributed by atoms with E-state index in [9.17, 15) is 0 Å². The van der Waals surface area contributed by atoms with Gasteiger partial charge in [-0.15, -0.1) is 0 Å². The van der Waals surface area contributed by atoms with E-state index in [1.165, 1.54) is 10.5 Å². The fourth-order valence-corrected chi connectivity index (χ4v) is 3.64. The molecule has 0 amide bonds. The van der Waals surface area contributed by atoms with Gasteiger partial charge in [0.1, 0.15) is 5.03 Å². The first-order valence-electron chi connectivity index (χ1n) is 6.67. The number of benzene rings is 1. The first-order chi connectivity index (χ1) is 9.85. The van der Waals surface area contributed by atoms with Crippen LogP contribution in [0.4, 0.5) is 0 Å². The molecular weight excluding hydrogens is 412 g/mol. The first kappa shape index (κ1) is 17.0. The van der Waals surface area contributed by atoms with Crippen molar-refractivity contribution in [3.63, 3.8) is 0 Å². The quantitative estimate of drug-likeness (QED) is 0.679. The average molecular weight is 430 g/mol. The lowest BCUT2D eigenvalue weighted by Gasteiger charge is -2.21. The van der Waals surface area contributed by atoms with Gasteiger partial charge in [-0.1, -0.05) is 33.8 Å². The minimum Gasteiger partial charge on any atom is -0.308 e. The second kappa shape index (κ2) is 7.27. The van der Waals surface area contributed by atoms with Crippen LogP contribution in [0, 0.1) is 0 Å². The molecule has 1 heterocycles. The highest BCUT2D eigenvalue weighted by molar-refractivity contribution is 9.10. The summed E-state index contributed by atoms with van der Waals surface area (Å²) in [4.78, 5) is 5.55. The van der Waals surface area contributed by atoms with Crippen LogP contribution in [-0.2, 0) is 6.54 Å². The third-order valence-corrected chi connectivity index (χ3v) is 5.42. The lowest BCUT2D eigenvalue weighted by molar-refractivity contribution is 0.424. The molecule has 0 saturated carbocycles. The van der Waals surface area contributed by atoms with Crippen molar-refractivity contribution in [3.05, 3.63) is 51.0 Å². The van der Waals surface area contributed by atoms with E-state index in [1.807, 2.05) is 18.3 Å². The fourth-order valence-electron chi connectivity index (χ4n) is 1.65. The number of aromatic nitrogens is 1. The van der Waals surface area contributed by atoms with Crippen LogP contribution < -0.4 is 5.32 Å². The molecule has 0 radical (unpaired) electrons. The molecule has 5 heteroatoms. The molecule has 2 rings (SSSR count). The van der Waals surface area contributed by atoms with Crippen LogP contribution in [0.25, 0.3) is 0 Å². The van der Waals surface area contributed by atoms with E-state index in [-0.39, 0.29) is 5.54 Å². The third-order valence-electron chi connectivity index (χ3n) is 2.77. The maximum Gasteiger partial charge on any atom is 0.115 e. The van der Waals surface area contributed by atoms with Crippen LogP contribution in [-0.4, -0.2) is 10.5 Å². The summed E-state index contributed by atoms with van der Waals surface area (Å²) in [5.41, 5.74) is 1.38. The van der Waals surface area contributed by atoms with Crippen molar-refractivity contribution in [2.24, 2.45) is 0 Å². The summed E-state index contributed by atoms with van der Waals surface area (Å²) < 4.78 is 2.14. The normalized spacial score (nSPS) is 11.7. The monoisotopic (exact) mass is 428 g/mol. The summed E-state index contributed by atoms with van der Waals surface area (Å²) in [6.45, 7) is 7.36. The Morgan fingerprint density at radius 1 is 1.14 bits per heavy atom. The highest BCUT2D eigenvalue weighted by atomic mass is 79.9. The smallest absolute Gasteiger partial charge is 0.115 e. The molecule has 1 aromatic carbocycles. The van der Waals surface area contributed by atoms with Gasteiger partial charge in [0.2, 0.25) is 0 Å². The Kier molecular flexibility index (Phi) is 5.88. The van der Waals surface area contributed by atoms with Crippen LogP contribution in [0.1, 0.15) is 26.3 Å². The SMILES string of the molecule is CC(C)(C)NCc1ccc(Sc2ncccc2Br)cc1Br. The minimum absolute atomic E-state index is 0.117. The molecule has 1 N–H and O–H groups in total. The van der Waals surface area contributed by atoms with Crippen molar-refractivity contribution in [3.8, 4) is 0 Å². The van der Waals surface area contributed by atoms with Gasteiger partial charge in [-0.25, -0.2) is 4.98 Å². The molecule has 0 unspecified atom stereocenters. The summed E-state index contributed by atoms with van der Waals surface area (Å²) in [6.07, 6.45) is 1.81. The molecule has 1 aromatic heterocycles. The number of halogens is 2. The van der Waals surface area contributed by atoms with Gasteiger partial charge >= 0.3 is 0 Å². The van der Waals surface area contributed by atoms with E-state index in [0.717, 1.165) is 20.5 Å². The van der Waals surface area contributed by atoms with Gasteiger partial charge in [0.05, 0.1) is 4.47 Å². The van der Waals surface area contributed by atoms with Gasteiger partial charge in [-0.2, -0.15) is 0 Å². The average Bonchev–Trinajstić information content (AvgIpc) is 2.39. The fraction of sp³-hybridized carbons (Fsp3) is 0.312. The maximum atomic E-state index is 4.38. The molecule has 0 saturated heterocycles. The van der Waals surface area contributed by atoms with Gasteiger partial charge in [0.25, 0.3) is 0 Å². The summed E-state index contributed by atoms with van der Waals surface area (Å²) in [6, 6.07) is 10.4. The van der Waals surface area contributed by atoms with Gasteiger partial charge in [0, 0.05) is 27.6 Å². The number of pyridine rings is 1. The Labute approximate surface area is 147 Å². The number of nitrogens with zero attached hydrogens (tertiary/aromatic N) is 1. The molecule has 0 spiro atoms. The molecule has 21 heavy (non-hydrogen) atoms. The minimum atomic E-state index is 0.117. The topological polar surface area (TPSA) is 24.9 Å². The van der Waals surface area contributed by atoms with E-state index in [4.69, 9.17) is 0 Å². The van der Waals surface area contributed by atoms with Crippen LogP contribution in [0.15, 0.2) is 55.4 Å². The highest BCUT2D eigenvalue weighted by Gasteiger charge is 2.11. The summed E-state index contributed by atoms with van der Waals surface area (Å²) >= 11 is 8.84. The molecule has 0 aliphatic carbocycles. The zero-order valence-electron chi connectivity index (χ0n) is 12.3. The summed E-state index contributed by atoms with van der Waals surface area (Å²) in [5, 5.41) is 4.48. The Hall–Kier alpha value is -0.360. The van der Waals surface area contributed by atoms with Gasteiger partial charge < -0.3 is 5.32 Å². The lowest BCUT2D eigenvalue weighted by atomic mass is 10.1. The molecule has 0 aliphatic heterocycles. The Bertz CT molecular complexity index is 624. The van der Waals surface area contributed by atoms with Crippen LogP contribution in [0.5, 0.6) is 0 Å². The van der Waals surface area contributed by atoms with Crippen molar-refractivity contribution < 1.29 is 0 Å². The predicted molar refractivity (Wildman–Crippen MR) is 96.8 cm³/mol. The first-order valence-corrected chi connectivity index (χ1v) is 9.07. The van der Waals surface area contributed by atoms with Crippen molar-refractivity contribution >= 4 is 43.6 Å². The number of hydrogen-bond donors (Lipinski definition) is 1. The van der Waals surface area contributed by atoms with Crippen LogP contribution in [0.3, 0.4) is 0 Å². The van der Waals surface area contributed by atoms with Crippen LogP contribution >= 0.6 is 43.6 Å². The third kappa shape index (κ3) is 5.40. The van der Waals surface area contributed by atoms with Gasteiger partial charge in [-0.05, 0) is 66.5 Å². The molecule has 2 aromatic rings. The van der Waals surface area contributed by atoms with E-state index >= 15 is 0 Å².